The lowest BCUT2D eigenvalue weighted by molar-refractivity contribution is -0.146. The van der Waals surface area contributed by atoms with Crippen LogP contribution in [-0.2, 0) is 4.79 Å². The number of carbonyl (C=O) groups excluding carboxylic acids is 1. The van der Waals surface area contributed by atoms with Gasteiger partial charge in [0.2, 0.25) is 0 Å². The maximum absolute atomic E-state index is 12.8. The van der Waals surface area contributed by atoms with Gasteiger partial charge in [0, 0.05) is 18.5 Å². The number of aliphatic hydroxyl groups is 1. The number of amides is 1. The molecule has 0 aliphatic heterocycles. The molecular formula is C12H14FNO4. The molecule has 1 aromatic carbocycles. The van der Waals surface area contributed by atoms with Gasteiger partial charge in [-0.15, -0.1) is 0 Å². The van der Waals surface area contributed by atoms with Crippen molar-refractivity contribution in [3.63, 3.8) is 0 Å². The molecule has 0 radical (unpaired) electrons. The number of rotatable bonds is 5. The minimum atomic E-state index is -1.50. The zero-order chi connectivity index (χ0) is 13.7. The van der Waals surface area contributed by atoms with Crippen molar-refractivity contribution in [3.8, 4) is 0 Å². The monoisotopic (exact) mass is 255 g/mol. The number of aliphatic carboxylic acids is 1. The summed E-state index contributed by atoms with van der Waals surface area (Å²) in [4.78, 5) is 22.0. The summed E-state index contributed by atoms with van der Waals surface area (Å²) in [6.45, 7) is 1.63. The van der Waals surface area contributed by atoms with E-state index in [0.29, 0.717) is 11.1 Å². The highest BCUT2D eigenvalue weighted by molar-refractivity contribution is 5.95. The fraction of sp³-hybridized carbons (Fsp3) is 0.333. The number of benzene rings is 1. The Kier molecular flexibility index (Phi) is 4.79. The predicted octanol–water partition coefficient (Wildman–Crippen LogP) is 0.700. The van der Waals surface area contributed by atoms with Gasteiger partial charge in [-0.1, -0.05) is 0 Å². The topological polar surface area (TPSA) is 86.6 Å². The van der Waals surface area contributed by atoms with Crippen LogP contribution in [0.15, 0.2) is 18.2 Å². The molecule has 1 rings (SSSR count). The summed E-state index contributed by atoms with van der Waals surface area (Å²) in [5.41, 5.74) is 0.812. The van der Waals surface area contributed by atoms with E-state index < -0.39 is 23.8 Å². The Balaban J connectivity index is 2.53. The van der Waals surface area contributed by atoms with Gasteiger partial charge in [-0.05, 0) is 30.7 Å². The largest absolute Gasteiger partial charge is 0.479 e. The van der Waals surface area contributed by atoms with Crippen molar-refractivity contribution in [1.29, 1.82) is 0 Å². The highest BCUT2D eigenvalue weighted by Crippen LogP contribution is 2.09. The van der Waals surface area contributed by atoms with Gasteiger partial charge >= 0.3 is 5.97 Å². The molecule has 0 saturated heterocycles. The zero-order valence-electron chi connectivity index (χ0n) is 9.81. The van der Waals surface area contributed by atoms with Gasteiger partial charge in [0.1, 0.15) is 5.82 Å². The smallest absolute Gasteiger partial charge is 0.332 e. The molecule has 0 fully saturated rings. The van der Waals surface area contributed by atoms with Crippen molar-refractivity contribution in [1.82, 2.24) is 5.32 Å². The van der Waals surface area contributed by atoms with Crippen LogP contribution in [0.4, 0.5) is 4.39 Å². The van der Waals surface area contributed by atoms with Crippen molar-refractivity contribution < 1.29 is 24.2 Å². The van der Waals surface area contributed by atoms with E-state index >= 15 is 0 Å². The van der Waals surface area contributed by atoms with Crippen LogP contribution >= 0.6 is 0 Å². The van der Waals surface area contributed by atoms with Crippen LogP contribution in [-0.4, -0.2) is 34.7 Å². The Morgan fingerprint density at radius 1 is 1.44 bits per heavy atom. The molecule has 1 unspecified atom stereocenters. The van der Waals surface area contributed by atoms with E-state index in [9.17, 15) is 14.0 Å². The van der Waals surface area contributed by atoms with Crippen LogP contribution < -0.4 is 5.32 Å². The molecule has 0 spiro atoms. The van der Waals surface area contributed by atoms with Crippen molar-refractivity contribution in [3.05, 3.63) is 35.1 Å². The normalized spacial score (nSPS) is 11.9. The number of nitrogens with one attached hydrogen (secondary N) is 1. The molecule has 98 valence electrons. The third-order valence-electron chi connectivity index (χ3n) is 2.42. The van der Waals surface area contributed by atoms with E-state index in [1.807, 2.05) is 0 Å². The first-order chi connectivity index (χ1) is 8.41. The Morgan fingerprint density at radius 2 is 2.11 bits per heavy atom. The zero-order valence-corrected chi connectivity index (χ0v) is 9.81. The number of aliphatic hydroxyl groups excluding tert-OH is 1. The number of carboxylic acids is 1. The Bertz CT molecular complexity index is 461. The molecule has 1 aromatic rings. The predicted molar refractivity (Wildman–Crippen MR) is 61.7 cm³/mol. The summed E-state index contributed by atoms with van der Waals surface area (Å²) >= 11 is 0. The van der Waals surface area contributed by atoms with Crippen molar-refractivity contribution in [2.45, 2.75) is 19.4 Å². The quantitative estimate of drug-likeness (QED) is 0.722. The molecule has 3 N–H and O–H groups in total. The van der Waals surface area contributed by atoms with Gasteiger partial charge < -0.3 is 15.5 Å². The lowest BCUT2D eigenvalue weighted by Gasteiger charge is -2.09. The van der Waals surface area contributed by atoms with Gasteiger partial charge in [-0.3, -0.25) is 4.79 Å². The molecule has 0 aliphatic rings. The lowest BCUT2D eigenvalue weighted by Crippen LogP contribution is -2.30. The molecular weight excluding hydrogens is 241 g/mol. The number of aryl methyl sites for hydroxylation is 1. The molecule has 18 heavy (non-hydrogen) atoms. The van der Waals surface area contributed by atoms with Crippen molar-refractivity contribution in [2.24, 2.45) is 0 Å². The van der Waals surface area contributed by atoms with Crippen LogP contribution in [0.2, 0.25) is 0 Å². The standard InChI is InChI=1S/C12H14FNO4/c1-7-6-8(13)2-3-9(7)11(16)14-5-4-10(15)12(17)18/h2-3,6,10,15H,4-5H2,1H3,(H,14,16)(H,17,18). The third kappa shape index (κ3) is 3.81. The van der Waals surface area contributed by atoms with Crippen LogP contribution in [0.1, 0.15) is 22.3 Å². The van der Waals surface area contributed by atoms with Crippen LogP contribution in [0.5, 0.6) is 0 Å². The number of carboxylic acid groups (broad SMARTS) is 1. The van der Waals surface area contributed by atoms with E-state index in [-0.39, 0.29) is 13.0 Å². The first-order valence-electron chi connectivity index (χ1n) is 5.37. The highest BCUT2D eigenvalue weighted by atomic mass is 19.1. The maximum Gasteiger partial charge on any atom is 0.332 e. The minimum absolute atomic E-state index is 0.0309. The van der Waals surface area contributed by atoms with Crippen LogP contribution in [0.3, 0.4) is 0 Å². The Labute approximate surface area is 103 Å². The fourth-order valence-corrected chi connectivity index (χ4v) is 1.42. The summed E-state index contributed by atoms with van der Waals surface area (Å²) in [5.74, 6) is -2.18. The van der Waals surface area contributed by atoms with Gasteiger partial charge in [0.05, 0.1) is 0 Å². The van der Waals surface area contributed by atoms with E-state index in [0.717, 1.165) is 0 Å². The van der Waals surface area contributed by atoms with Gasteiger partial charge in [-0.25, -0.2) is 9.18 Å². The average molecular weight is 255 g/mol. The van der Waals surface area contributed by atoms with Crippen molar-refractivity contribution in [2.75, 3.05) is 6.54 Å². The molecule has 1 atom stereocenters. The lowest BCUT2D eigenvalue weighted by atomic mass is 10.1. The molecule has 1 amide bonds. The first kappa shape index (κ1) is 14.1. The molecule has 5 nitrogen and oxygen atoms in total. The Morgan fingerprint density at radius 3 is 2.67 bits per heavy atom. The third-order valence-corrected chi connectivity index (χ3v) is 2.42. The van der Waals surface area contributed by atoms with Crippen LogP contribution in [0, 0.1) is 12.7 Å². The van der Waals surface area contributed by atoms with E-state index in [1.165, 1.54) is 18.2 Å². The summed E-state index contributed by atoms with van der Waals surface area (Å²) < 4.78 is 12.8. The maximum atomic E-state index is 12.8. The van der Waals surface area contributed by atoms with Crippen molar-refractivity contribution >= 4 is 11.9 Å². The summed E-state index contributed by atoms with van der Waals surface area (Å²) in [6.07, 6.45) is -1.58. The summed E-state index contributed by atoms with van der Waals surface area (Å²) in [6, 6.07) is 3.77. The second-order valence-corrected chi connectivity index (χ2v) is 3.86. The Hall–Kier alpha value is -1.95. The first-order valence-corrected chi connectivity index (χ1v) is 5.37. The van der Waals surface area contributed by atoms with Gasteiger partial charge in [-0.2, -0.15) is 0 Å². The van der Waals surface area contributed by atoms with Gasteiger partial charge in [0.25, 0.3) is 5.91 Å². The molecule has 0 heterocycles. The number of hydrogen-bond donors (Lipinski definition) is 3. The average Bonchev–Trinajstić information content (AvgIpc) is 2.28. The summed E-state index contributed by atoms with van der Waals surface area (Å²) in [7, 11) is 0. The van der Waals surface area contributed by atoms with E-state index in [1.54, 1.807) is 6.92 Å². The molecule has 0 saturated carbocycles. The number of hydrogen-bond acceptors (Lipinski definition) is 3. The van der Waals surface area contributed by atoms with Gasteiger partial charge in [0.15, 0.2) is 6.10 Å². The highest BCUT2D eigenvalue weighted by Gasteiger charge is 2.14. The fourth-order valence-electron chi connectivity index (χ4n) is 1.42. The van der Waals surface area contributed by atoms with Crippen LogP contribution in [0.25, 0.3) is 0 Å². The SMILES string of the molecule is Cc1cc(F)ccc1C(=O)NCCC(O)C(=O)O. The molecule has 6 heteroatoms. The van der Waals surface area contributed by atoms with E-state index in [4.69, 9.17) is 10.2 Å². The van der Waals surface area contributed by atoms with E-state index in [2.05, 4.69) is 5.32 Å². The number of carbonyl (C=O) groups is 2. The molecule has 0 aliphatic carbocycles. The molecule has 0 bridgehead atoms. The number of halogens is 1. The second-order valence-electron chi connectivity index (χ2n) is 3.86. The second kappa shape index (κ2) is 6.11. The minimum Gasteiger partial charge on any atom is -0.479 e. The molecule has 0 aromatic heterocycles. The summed E-state index contributed by atoms with van der Waals surface area (Å²) in [5, 5.41) is 19.9.